The molecule has 1 amide bonds. The number of hydrogen-bond donors (Lipinski definition) is 2. The predicted molar refractivity (Wildman–Crippen MR) is 122 cm³/mol. The molecule has 0 radical (unpaired) electrons. The highest BCUT2D eigenvalue weighted by Crippen LogP contribution is 2.36. The van der Waals surface area contributed by atoms with Crippen molar-refractivity contribution in [1.29, 1.82) is 0 Å². The maximum atomic E-state index is 12.2. The van der Waals surface area contributed by atoms with Crippen molar-refractivity contribution in [3.63, 3.8) is 0 Å². The van der Waals surface area contributed by atoms with E-state index in [0.717, 1.165) is 11.6 Å². The molecule has 11 nitrogen and oxygen atoms in total. The van der Waals surface area contributed by atoms with E-state index in [1.165, 1.54) is 43.8 Å². The monoisotopic (exact) mass is 484 g/mol. The number of rotatable bonds is 9. The minimum Gasteiger partial charge on any atom is -0.493 e. The number of halogens is 1. The van der Waals surface area contributed by atoms with Gasteiger partial charge in [-0.1, -0.05) is 23.7 Å². The smallest absolute Gasteiger partial charge is 0.335 e. The number of carbonyl (C=O) groups is 2. The van der Waals surface area contributed by atoms with Crippen LogP contribution in [0.5, 0.6) is 11.5 Å². The molecule has 0 saturated heterocycles. The van der Waals surface area contributed by atoms with Crippen LogP contribution in [0.1, 0.15) is 32.0 Å². The minimum atomic E-state index is -1.02. The molecule has 2 aromatic carbocycles. The number of amides is 1. The van der Waals surface area contributed by atoms with E-state index in [4.69, 9.17) is 26.2 Å². The number of hydrogen-bond acceptors (Lipinski definition) is 8. The van der Waals surface area contributed by atoms with Gasteiger partial charge in [-0.2, -0.15) is 5.10 Å². The van der Waals surface area contributed by atoms with Gasteiger partial charge in [0, 0.05) is 12.3 Å². The number of carboxylic acids is 1. The molecule has 0 spiro atoms. The van der Waals surface area contributed by atoms with Crippen molar-refractivity contribution >= 4 is 35.4 Å². The Morgan fingerprint density at radius 1 is 1.26 bits per heavy atom. The van der Waals surface area contributed by atoms with E-state index in [1.807, 2.05) is 0 Å². The lowest BCUT2D eigenvalue weighted by Gasteiger charge is -2.13. The van der Waals surface area contributed by atoms with Crippen LogP contribution >= 0.6 is 11.6 Å². The Hall–Kier alpha value is -4.51. The molecule has 1 heterocycles. The molecule has 174 valence electrons. The number of pyridine rings is 1. The van der Waals surface area contributed by atoms with Gasteiger partial charge in [-0.15, -0.1) is 0 Å². The van der Waals surface area contributed by atoms with Crippen molar-refractivity contribution in [2.75, 3.05) is 7.11 Å². The van der Waals surface area contributed by atoms with Crippen LogP contribution in [0.15, 0.2) is 59.8 Å². The minimum absolute atomic E-state index is 0.113. The highest BCUT2D eigenvalue weighted by atomic mass is 35.5. The zero-order valence-electron chi connectivity index (χ0n) is 17.6. The third-order valence-electron chi connectivity index (χ3n) is 4.41. The Morgan fingerprint density at radius 2 is 2.00 bits per heavy atom. The summed E-state index contributed by atoms with van der Waals surface area (Å²) in [5, 5.41) is 24.0. The Bertz CT molecular complexity index is 1260. The molecule has 0 fully saturated rings. The number of nitrogens with one attached hydrogen (secondary N) is 1. The van der Waals surface area contributed by atoms with Crippen molar-refractivity contribution in [1.82, 2.24) is 10.4 Å². The summed E-state index contributed by atoms with van der Waals surface area (Å²) in [6.07, 6.45) is 2.53. The zero-order valence-corrected chi connectivity index (χ0v) is 18.4. The van der Waals surface area contributed by atoms with Gasteiger partial charge in [0.25, 0.3) is 5.91 Å². The van der Waals surface area contributed by atoms with Gasteiger partial charge in [0.2, 0.25) is 5.69 Å². The Morgan fingerprint density at radius 3 is 2.65 bits per heavy atom. The quantitative estimate of drug-likeness (QED) is 0.265. The van der Waals surface area contributed by atoms with E-state index in [2.05, 4.69) is 15.5 Å². The molecule has 0 aliphatic heterocycles. The molecule has 2 N–H and O–H groups in total. The topological polar surface area (TPSA) is 153 Å². The zero-order chi connectivity index (χ0) is 24.7. The molecule has 0 unspecified atom stereocenters. The molecular weight excluding hydrogens is 468 g/mol. The van der Waals surface area contributed by atoms with Crippen LogP contribution in [0, 0.1) is 10.1 Å². The Kier molecular flexibility index (Phi) is 7.72. The van der Waals surface area contributed by atoms with E-state index in [9.17, 15) is 19.7 Å². The summed E-state index contributed by atoms with van der Waals surface area (Å²) in [5.41, 5.74) is 2.70. The second-order valence-electron chi connectivity index (χ2n) is 6.65. The third-order valence-corrected chi connectivity index (χ3v) is 4.69. The van der Waals surface area contributed by atoms with Crippen LogP contribution in [0.4, 0.5) is 5.69 Å². The molecule has 0 aliphatic rings. The summed E-state index contributed by atoms with van der Waals surface area (Å²) < 4.78 is 11.1. The Balaban J connectivity index is 1.70. The number of carbonyl (C=O) groups excluding carboxylic acids is 1. The fourth-order valence-electron chi connectivity index (χ4n) is 2.79. The van der Waals surface area contributed by atoms with Crippen molar-refractivity contribution in [3.05, 3.63) is 92.2 Å². The van der Waals surface area contributed by atoms with Crippen molar-refractivity contribution in [3.8, 4) is 11.5 Å². The van der Waals surface area contributed by atoms with Crippen LogP contribution < -0.4 is 14.9 Å². The van der Waals surface area contributed by atoms with E-state index < -0.39 is 22.5 Å². The fourth-order valence-corrected chi connectivity index (χ4v) is 3.06. The van der Waals surface area contributed by atoms with Crippen LogP contribution in [-0.4, -0.2) is 40.2 Å². The van der Waals surface area contributed by atoms with Crippen LogP contribution in [-0.2, 0) is 6.61 Å². The number of hydrazone groups is 1. The second kappa shape index (κ2) is 10.9. The molecule has 0 bridgehead atoms. The highest BCUT2D eigenvalue weighted by Gasteiger charge is 2.20. The van der Waals surface area contributed by atoms with Crippen LogP contribution in [0.25, 0.3) is 0 Å². The van der Waals surface area contributed by atoms with Gasteiger partial charge in [0.1, 0.15) is 6.61 Å². The molecule has 0 saturated carbocycles. The first-order chi connectivity index (χ1) is 16.3. The number of methoxy groups -OCH3 is 1. The summed E-state index contributed by atoms with van der Waals surface area (Å²) in [6.45, 7) is 0.113. The van der Waals surface area contributed by atoms with E-state index in [-0.39, 0.29) is 28.6 Å². The predicted octanol–water partition coefficient (Wildman–Crippen LogP) is 3.69. The summed E-state index contributed by atoms with van der Waals surface area (Å²) in [6, 6.07) is 11.8. The number of aromatic nitrogens is 1. The van der Waals surface area contributed by atoms with Gasteiger partial charge < -0.3 is 14.6 Å². The van der Waals surface area contributed by atoms with Crippen molar-refractivity contribution in [2.45, 2.75) is 6.61 Å². The molecule has 3 aromatic rings. The maximum absolute atomic E-state index is 12.2. The summed E-state index contributed by atoms with van der Waals surface area (Å²) in [4.78, 5) is 37.2. The Labute approximate surface area is 197 Å². The number of nitrogens with zero attached hydrogens (tertiary/aromatic N) is 3. The molecule has 34 heavy (non-hydrogen) atoms. The average Bonchev–Trinajstić information content (AvgIpc) is 2.83. The first-order valence-corrected chi connectivity index (χ1v) is 9.93. The SMILES string of the molecule is COc1cc(/C=N\NC(=O)c2ncccc2[N+](=O)[O-])cc(Cl)c1OCc1ccc(C(=O)O)cc1. The molecule has 3 rings (SSSR count). The normalized spacial score (nSPS) is 10.6. The van der Waals surface area contributed by atoms with E-state index in [0.29, 0.717) is 11.3 Å². The number of ether oxygens (including phenoxy) is 2. The maximum Gasteiger partial charge on any atom is 0.335 e. The highest BCUT2D eigenvalue weighted by molar-refractivity contribution is 6.32. The van der Waals surface area contributed by atoms with Crippen LogP contribution in [0.3, 0.4) is 0 Å². The van der Waals surface area contributed by atoms with Crippen molar-refractivity contribution < 1.29 is 29.1 Å². The molecule has 0 aliphatic carbocycles. The van der Waals surface area contributed by atoms with Gasteiger partial charge in [-0.25, -0.2) is 15.2 Å². The first kappa shape index (κ1) is 24.1. The molecule has 0 atom stereocenters. The second-order valence-corrected chi connectivity index (χ2v) is 7.06. The van der Waals surface area contributed by atoms with E-state index in [1.54, 1.807) is 18.2 Å². The molecule has 12 heteroatoms. The number of carboxylic acid groups (broad SMARTS) is 1. The lowest BCUT2D eigenvalue weighted by molar-refractivity contribution is -0.385. The molecule has 1 aromatic heterocycles. The van der Waals surface area contributed by atoms with Gasteiger partial charge in [0.05, 0.1) is 28.8 Å². The average molecular weight is 485 g/mol. The first-order valence-electron chi connectivity index (χ1n) is 9.55. The van der Waals surface area contributed by atoms with Gasteiger partial charge in [0.15, 0.2) is 11.5 Å². The molecular formula is C22H17ClN4O7. The van der Waals surface area contributed by atoms with Gasteiger partial charge in [-0.05, 0) is 41.5 Å². The van der Waals surface area contributed by atoms with E-state index >= 15 is 0 Å². The lowest BCUT2D eigenvalue weighted by atomic mass is 10.1. The number of aromatic carboxylic acids is 1. The summed E-state index contributed by atoms with van der Waals surface area (Å²) >= 11 is 6.32. The van der Waals surface area contributed by atoms with Crippen molar-refractivity contribution in [2.24, 2.45) is 5.10 Å². The third kappa shape index (κ3) is 5.84. The van der Waals surface area contributed by atoms with Gasteiger partial charge >= 0.3 is 11.7 Å². The summed E-state index contributed by atoms with van der Waals surface area (Å²) in [5.74, 6) is -1.32. The van der Waals surface area contributed by atoms with Gasteiger partial charge in [-0.3, -0.25) is 14.9 Å². The fraction of sp³-hybridized carbons (Fsp3) is 0.0909. The number of nitro groups is 1. The largest absolute Gasteiger partial charge is 0.493 e. The van der Waals surface area contributed by atoms with Crippen LogP contribution in [0.2, 0.25) is 5.02 Å². The summed E-state index contributed by atoms with van der Waals surface area (Å²) in [7, 11) is 1.42. The number of benzene rings is 2. The standard InChI is InChI=1S/C22H17ClN4O7/c1-33-18-10-14(11-25-26-21(28)19-17(27(31)32)3-2-8-24-19)9-16(23)20(18)34-12-13-4-6-15(7-5-13)22(29)30/h2-11H,12H2,1H3,(H,26,28)(H,29,30)/b25-11-. The lowest BCUT2D eigenvalue weighted by Crippen LogP contribution is -2.20.